The second-order valence-electron chi connectivity index (χ2n) is 17.5. The zero-order valence-corrected chi connectivity index (χ0v) is 39.7. The van der Waals surface area contributed by atoms with Crippen molar-refractivity contribution in [3.8, 4) is 11.1 Å². The fourth-order valence-electron chi connectivity index (χ4n) is 11.1. The molecule has 8 aromatic carbocycles. The van der Waals surface area contributed by atoms with E-state index >= 15 is 9.59 Å². The van der Waals surface area contributed by atoms with E-state index in [4.69, 9.17) is 6.64 Å². The van der Waals surface area contributed by atoms with Crippen molar-refractivity contribution >= 4 is 18.1 Å². The molecule has 0 unspecified atom stereocenters. The number of carbonyl (C=O) groups excluding carboxylic acids is 2. The van der Waals surface area contributed by atoms with Crippen LogP contribution >= 0.6 is 0 Å². The predicted molar refractivity (Wildman–Crippen MR) is 264 cm³/mol. The zero-order valence-electron chi connectivity index (χ0n) is 37.1. The van der Waals surface area contributed by atoms with Gasteiger partial charge in [0.1, 0.15) is 0 Å². The van der Waals surface area contributed by atoms with Crippen LogP contribution in [-0.2, 0) is 41.9 Å². The van der Waals surface area contributed by atoms with Gasteiger partial charge in [0.05, 0.1) is 0 Å². The molecule has 0 radical (unpaired) electrons. The number of rotatable bonds is 12. The molecule has 4 nitrogen and oxygen atoms in total. The van der Waals surface area contributed by atoms with Gasteiger partial charge in [-0.25, -0.2) is 0 Å². The summed E-state index contributed by atoms with van der Waals surface area (Å²) in [5.41, 5.74) is 5.69. The zero-order chi connectivity index (χ0) is 45.2. The standard InChI is InChI=1S/2C20H16O2.C13H9.C5H5.C2H6Si.Ti/c2*21-19(22)20(16-10-4-1-5-11-16,17-12-6-2-7-13-17)18-14-8-3-9-15-18;1-3-7-12-10(5-1)9-11-6-2-4-8-13(11)12;1-2-4-5-3-1;1-3-2;/h2*1-15H,(H,21,22);1-9H;1-3H,4H2;1-2H3;/q;;;;;+2/p-2. The Labute approximate surface area is 389 Å². The van der Waals surface area contributed by atoms with Gasteiger partial charge < -0.3 is 0 Å². The normalized spacial score (nSPS) is 13.6. The van der Waals surface area contributed by atoms with Crippen molar-refractivity contribution in [1.82, 2.24) is 0 Å². The van der Waals surface area contributed by atoms with Crippen LogP contribution in [0, 0.1) is 0 Å². The SMILES string of the molecule is C[Si](C)=[Ti]([O]C(=O)C(c1ccccc1)(c1ccccc1)c1ccccc1)([O]C(=O)C(c1ccccc1)(c1ccccc1)c1ccccc1)([C]1=CC=CC1)[CH]1c2ccccc2-c2ccccc21. The van der Waals surface area contributed by atoms with Crippen LogP contribution in [0.5, 0.6) is 0 Å². The molecule has 0 spiro atoms. The summed E-state index contributed by atoms with van der Waals surface area (Å²) >= 11 is -6.26. The second kappa shape index (κ2) is 17.5. The van der Waals surface area contributed by atoms with E-state index in [0.29, 0.717) is 6.42 Å². The van der Waals surface area contributed by atoms with Crippen molar-refractivity contribution < 1.29 is 31.0 Å². The third kappa shape index (κ3) is 6.52. The van der Waals surface area contributed by atoms with Crippen LogP contribution < -0.4 is 0 Å². The van der Waals surface area contributed by atoms with Gasteiger partial charge in [-0.3, -0.25) is 0 Å². The van der Waals surface area contributed by atoms with Gasteiger partial charge in [0.15, 0.2) is 0 Å². The van der Waals surface area contributed by atoms with Crippen molar-refractivity contribution in [3.05, 3.63) is 297 Å². The summed E-state index contributed by atoms with van der Waals surface area (Å²) in [7, 11) is 0. The van der Waals surface area contributed by atoms with Crippen molar-refractivity contribution in [2.75, 3.05) is 0 Å². The predicted octanol–water partition coefficient (Wildman–Crippen LogP) is 13.5. The van der Waals surface area contributed by atoms with Crippen LogP contribution in [0.3, 0.4) is 0 Å². The molecule has 0 heterocycles. The van der Waals surface area contributed by atoms with E-state index in [0.717, 1.165) is 59.5 Å². The van der Waals surface area contributed by atoms with Gasteiger partial charge in [0, 0.05) is 0 Å². The number of carbonyl (C=O) groups is 2. The second-order valence-corrected chi connectivity index (χ2v) is 34.2. The van der Waals surface area contributed by atoms with Gasteiger partial charge in [0.2, 0.25) is 0 Å². The van der Waals surface area contributed by atoms with E-state index in [9.17, 15) is 0 Å². The van der Waals surface area contributed by atoms with Crippen LogP contribution in [0.4, 0.5) is 0 Å². The molecular formula is C60H50O4SiTi. The van der Waals surface area contributed by atoms with Crippen LogP contribution in [0.2, 0.25) is 13.1 Å². The Morgan fingerprint density at radius 2 is 0.727 bits per heavy atom. The number of allylic oxidation sites excluding steroid dienone is 4. The topological polar surface area (TPSA) is 52.6 Å². The van der Waals surface area contributed by atoms with Gasteiger partial charge in [-0.15, -0.1) is 0 Å². The maximum absolute atomic E-state index is 17.2. The van der Waals surface area contributed by atoms with Gasteiger partial charge in [-0.2, -0.15) is 0 Å². The quantitative estimate of drug-likeness (QED) is 0.0905. The fourth-order valence-corrected chi connectivity index (χ4v) is 30.2. The summed E-state index contributed by atoms with van der Waals surface area (Å²) in [5, 5.41) is 0. The molecule has 8 aromatic rings. The van der Waals surface area contributed by atoms with Crippen LogP contribution in [-0.4, -0.2) is 18.1 Å². The molecule has 6 heteroatoms. The third-order valence-electron chi connectivity index (χ3n) is 14.1. The van der Waals surface area contributed by atoms with E-state index in [-0.39, 0.29) is 0 Å². The molecule has 0 N–H and O–H groups in total. The van der Waals surface area contributed by atoms with E-state index in [2.05, 4.69) is 79.9 Å². The number of hydrogen-bond donors (Lipinski definition) is 0. The summed E-state index contributed by atoms with van der Waals surface area (Å²) in [5.74, 6) is -0.942. The Balaban J connectivity index is 1.36. The summed E-state index contributed by atoms with van der Waals surface area (Å²) in [6.07, 6.45) is 4.71. The minimum absolute atomic E-state index is 0.471. The van der Waals surface area contributed by atoms with Crippen molar-refractivity contribution in [2.24, 2.45) is 0 Å². The Hall–Kier alpha value is -6.89. The van der Waals surface area contributed by atoms with Crippen LogP contribution in [0.15, 0.2) is 253 Å². The monoisotopic (exact) mass is 910 g/mol. The van der Waals surface area contributed by atoms with Gasteiger partial charge >= 0.3 is 392 Å². The van der Waals surface area contributed by atoms with Crippen molar-refractivity contribution in [2.45, 2.75) is 34.6 Å². The molecule has 66 heavy (non-hydrogen) atoms. The summed E-state index contributed by atoms with van der Waals surface area (Å²) in [6, 6.07) is 76.6. The van der Waals surface area contributed by atoms with E-state index < -0.39 is 48.0 Å². The number of fused-ring (bicyclic) bond motifs is 3. The van der Waals surface area contributed by atoms with Crippen LogP contribution in [0.1, 0.15) is 55.2 Å². The molecule has 0 saturated carbocycles. The van der Waals surface area contributed by atoms with Crippen molar-refractivity contribution in [1.29, 1.82) is 0 Å². The van der Waals surface area contributed by atoms with Gasteiger partial charge in [-0.05, 0) is 0 Å². The molecular weight excluding hydrogens is 861 g/mol. The van der Waals surface area contributed by atoms with Gasteiger partial charge in [0.25, 0.3) is 0 Å². The molecule has 0 saturated heterocycles. The molecule has 2 aliphatic carbocycles. The molecule has 0 fully saturated rings. The summed E-state index contributed by atoms with van der Waals surface area (Å²) < 4.78 is 16.7. The first kappa shape index (κ1) is 43.0. The molecule has 0 amide bonds. The first-order chi connectivity index (χ1) is 32.4. The number of hydrogen-bond acceptors (Lipinski definition) is 4. The molecule has 0 bridgehead atoms. The average molecular weight is 911 g/mol. The Morgan fingerprint density at radius 1 is 0.439 bits per heavy atom. The summed E-state index contributed by atoms with van der Waals surface area (Å²) in [4.78, 5) is 34.3. The average Bonchev–Trinajstić information content (AvgIpc) is 4.05. The Kier molecular flexibility index (Phi) is 11.4. The van der Waals surface area contributed by atoms with Crippen LogP contribution in [0.25, 0.3) is 11.1 Å². The van der Waals surface area contributed by atoms with E-state index in [1.807, 2.05) is 182 Å². The summed E-state index contributed by atoms with van der Waals surface area (Å²) in [6.45, 7) is 4.44. The van der Waals surface area contributed by atoms with E-state index in [1.54, 1.807) is 0 Å². The molecule has 0 atom stereocenters. The third-order valence-corrected chi connectivity index (χ3v) is 35.2. The molecule has 10 rings (SSSR count). The molecule has 322 valence electrons. The van der Waals surface area contributed by atoms with Gasteiger partial charge in [-0.1, -0.05) is 0 Å². The molecule has 2 aliphatic rings. The Morgan fingerprint density at radius 3 is 1.00 bits per heavy atom. The molecule has 0 aromatic heterocycles. The van der Waals surface area contributed by atoms with E-state index in [1.165, 1.54) is 0 Å². The number of benzene rings is 8. The minimum atomic E-state index is -6.26. The van der Waals surface area contributed by atoms with Crippen molar-refractivity contribution in [3.63, 3.8) is 0 Å². The maximum atomic E-state index is 17.2. The first-order valence-electron chi connectivity index (χ1n) is 22.7. The first-order valence-corrected chi connectivity index (χ1v) is 30.5. The Bertz CT molecular complexity index is 2810. The molecule has 0 aliphatic heterocycles. The fraction of sp³-hybridized carbons (Fsp3) is 0.100.